The summed E-state index contributed by atoms with van der Waals surface area (Å²) in [4.78, 5) is 27.8. The lowest BCUT2D eigenvalue weighted by atomic mass is 10.1. The third-order valence-electron chi connectivity index (χ3n) is 6.03. The quantitative estimate of drug-likeness (QED) is 0.369. The minimum Gasteiger partial charge on any atom is -0.495 e. The molecular formula is C26H35Cl2N3O5S. The molecule has 2 rings (SSSR count). The summed E-state index contributed by atoms with van der Waals surface area (Å²) >= 11 is 12.4. The van der Waals surface area contributed by atoms with Gasteiger partial charge in [-0.25, -0.2) is 8.42 Å². The Balaban J connectivity index is 2.24. The highest BCUT2D eigenvalue weighted by Crippen LogP contribution is 2.30. The van der Waals surface area contributed by atoms with E-state index in [1.807, 2.05) is 13.8 Å². The second-order valence-electron chi connectivity index (χ2n) is 8.86. The minimum atomic E-state index is -3.64. The van der Waals surface area contributed by atoms with E-state index in [0.29, 0.717) is 27.0 Å². The first-order valence-corrected chi connectivity index (χ1v) is 14.6. The van der Waals surface area contributed by atoms with Crippen molar-refractivity contribution in [3.8, 4) is 5.75 Å². The molecule has 204 valence electrons. The van der Waals surface area contributed by atoms with Crippen molar-refractivity contribution >= 4 is 50.7 Å². The van der Waals surface area contributed by atoms with Crippen LogP contribution in [-0.2, 0) is 26.2 Å². The van der Waals surface area contributed by atoms with Crippen LogP contribution >= 0.6 is 23.2 Å². The number of carbonyl (C=O) groups excluding carboxylic acids is 2. The predicted octanol–water partition coefficient (Wildman–Crippen LogP) is 4.88. The molecule has 8 nitrogen and oxygen atoms in total. The van der Waals surface area contributed by atoms with E-state index in [4.69, 9.17) is 27.9 Å². The number of methoxy groups -OCH3 is 1. The second-order valence-corrected chi connectivity index (χ2v) is 11.6. The van der Waals surface area contributed by atoms with E-state index < -0.39 is 16.1 Å². The molecule has 2 amide bonds. The van der Waals surface area contributed by atoms with Gasteiger partial charge >= 0.3 is 0 Å². The smallest absolute Gasteiger partial charge is 0.242 e. The second kappa shape index (κ2) is 13.9. The summed E-state index contributed by atoms with van der Waals surface area (Å²) in [6.45, 7) is 5.68. The van der Waals surface area contributed by atoms with Gasteiger partial charge in [0.1, 0.15) is 11.8 Å². The molecule has 0 saturated heterocycles. The van der Waals surface area contributed by atoms with Gasteiger partial charge in [0.05, 0.1) is 19.1 Å². The van der Waals surface area contributed by atoms with Gasteiger partial charge in [-0.2, -0.15) is 0 Å². The number of anilines is 1. The number of para-hydroxylation sites is 2. The molecule has 0 aliphatic heterocycles. The predicted molar refractivity (Wildman–Crippen MR) is 149 cm³/mol. The van der Waals surface area contributed by atoms with Gasteiger partial charge in [-0.1, -0.05) is 48.3 Å². The summed E-state index contributed by atoms with van der Waals surface area (Å²) in [6.07, 6.45) is 2.11. The number of nitrogens with one attached hydrogen (secondary N) is 1. The van der Waals surface area contributed by atoms with Gasteiger partial charge in [-0.15, -0.1) is 0 Å². The molecule has 0 aliphatic rings. The average Bonchev–Trinajstić information content (AvgIpc) is 2.84. The monoisotopic (exact) mass is 571 g/mol. The number of hydrogen-bond donors (Lipinski definition) is 1. The van der Waals surface area contributed by atoms with Crippen molar-refractivity contribution in [1.29, 1.82) is 0 Å². The molecule has 2 atom stereocenters. The molecule has 0 radical (unpaired) electrons. The highest BCUT2D eigenvalue weighted by molar-refractivity contribution is 7.92. The van der Waals surface area contributed by atoms with Gasteiger partial charge in [0.25, 0.3) is 0 Å². The number of ether oxygens (including phenoxy) is 1. The highest BCUT2D eigenvalue weighted by Gasteiger charge is 2.28. The van der Waals surface area contributed by atoms with Gasteiger partial charge in [-0.3, -0.25) is 13.9 Å². The molecule has 0 fully saturated rings. The summed E-state index contributed by atoms with van der Waals surface area (Å²) in [5.41, 5.74) is 1.04. The molecule has 11 heteroatoms. The van der Waals surface area contributed by atoms with E-state index in [0.717, 1.165) is 12.7 Å². The maximum absolute atomic E-state index is 13.4. The van der Waals surface area contributed by atoms with E-state index in [9.17, 15) is 18.0 Å². The van der Waals surface area contributed by atoms with Gasteiger partial charge in [0, 0.05) is 35.6 Å². The molecule has 0 spiro atoms. The third-order valence-corrected chi connectivity index (χ3v) is 7.80. The summed E-state index contributed by atoms with van der Waals surface area (Å²) < 4.78 is 31.6. The zero-order chi connectivity index (χ0) is 27.8. The summed E-state index contributed by atoms with van der Waals surface area (Å²) in [5.74, 6) is -0.167. The summed E-state index contributed by atoms with van der Waals surface area (Å²) in [5, 5.41) is 3.77. The number of sulfonamides is 1. The van der Waals surface area contributed by atoms with Gasteiger partial charge in [-0.05, 0) is 56.5 Å². The number of amides is 2. The molecular weight excluding hydrogens is 537 g/mol. The lowest BCUT2D eigenvalue weighted by molar-refractivity contribution is -0.140. The first-order chi connectivity index (χ1) is 17.4. The highest BCUT2D eigenvalue weighted by atomic mass is 35.5. The van der Waals surface area contributed by atoms with Gasteiger partial charge in [0.2, 0.25) is 21.8 Å². The number of rotatable bonds is 13. The normalized spacial score (nSPS) is 12.9. The largest absolute Gasteiger partial charge is 0.495 e. The molecule has 37 heavy (non-hydrogen) atoms. The van der Waals surface area contributed by atoms with Crippen molar-refractivity contribution < 1.29 is 22.7 Å². The van der Waals surface area contributed by atoms with Crippen molar-refractivity contribution in [1.82, 2.24) is 10.2 Å². The molecule has 0 aromatic heterocycles. The Hall–Kier alpha value is -2.49. The van der Waals surface area contributed by atoms with Crippen molar-refractivity contribution in [3.63, 3.8) is 0 Å². The summed E-state index contributed by atoms with van der Waals surface area (Å²) in [7, 11) is -2.17. The first-order valence-electron chi connectivity index (χ1n) is 12.0. The van der Waals surface area contributed by atoms with E-state index in [2.05, 4.69) is 5.32 Å². The Morgan fingerprint density at radius 3 is 2.38 bits per heavy atom. The van der Waals surface area contributed by atoms with Crippen LogP contribution in [0, 0.1) is 0 Å². The molecule has 2 aromatic rings. The van der Waals surface area contributed by atoms with Crippen LogP contribution in [0.15, 0.2) is 42.5 Å². The van der Waals surface area contributed by atoms with Crippen LogP contribution in [0.1, 0.15) is 45.6 Å². The molecule has 0 aliphatic carbocycles. The van der Waals surface area contributed by atoms with E-state index in [-0.39, 0.29) is 43.8 Å². The Bertz CT molecular complexity index is 1190. The Morgan fingerprint density at radius 1 is 1.11 bits per heavy atom. The average molecular weight is 573 g/mol. The number of benzene rings is 2. The molecule has 0 bridgehead atoms. The number of hydrogen-bond acceptors (Lipinski definition) is 5. The Kier molecular flexibility index (Phi) is 11.5. The van der Waals surface area contributed by atoms with Crippen LogP contribution < -0.4 is 14.4 Å². The van der Waals surface area contributed by atoms with Crippen LogP contribution in [-0.4, -0.2) is 57.1 Å². The van der Waals surface area contributed by atoms with Crippen molar-refractivity contribution in [2.24, 2.45) is 0 Å². The van der Waals surface area contributed by atoms with Gasteiger partial charge < -0.3 is 15.0 Å². The maximum atomic E-state index is 13.4. The fourth-order valence-electron chi connectivity index (χ4n) is 3.70. The van der Waals surface area contributed by atoms with E-state index in [1.54, 1.807) is 49.4 Å². The number of halogens is 2. The first kappa shape index (κ1) is 30.7. The topological polar surface area (TPSA) is 96.0 Å². The minimum absolute atomic E-state index is 0.0212. The zero-order valence-electron chi connectivity index (χ0n) is 21.8. The van der Waals surface area contributed by atoms with Crippen LogP contribution in [0.3, 0.4) is 0 Å². The van der Waals surface area contributed by atoms with Crippen LogP contribution in [0.5, 0.6) is 5.75 Å². The van der Waals surface area contributed by atoms with Crippen LogP contribution in [0.25, 0.3) is 0 Å². The Labute approximate surface area is 229 Å². The van der Waals surface area contributed by atoms with E-state index >= 15 is 0 Å². The Morgan fingerprint density at radius 2 is 1.78 bits per heavy atom. The fourth-order valence-corrected chi connectivity index (χ4v) is 5.14. The van der Waals surface area contributed by atoms with Crippen molar-refractivity contribution in [2.75, 3.05) is 24.2 Å². The molecule has 1 N–H and O–H groups in total. The molecule has 2 aromatic carbocycles. The number of carbonyl (C=O) groups is 2. The molecule has 0 heterocycles. The lowest BCUT2D eigenvalue weighted by Gasteiger charge is -2.30. The molecule has 0 saturated carbocycles. The van der Waals surface area contributed by atoms with Crippen molar-refractivity contribution in [2.45, 2.75) is 58.7 Å². The van der Waals surface area contributed by atoms with Gasteiger partial charge in [0.15, 0.2) is 0 Å². The maximum Gasteiger partial charge on any atom is 0.242 e. The standard InChI is InChI=1S/C26H35Cl2N3O5S/c1-6-18(2)29-26(33)19(3)30(17-20-13-14-21(27)16-22(20)28)25(32)12-9-15-31(37(5,34)35)23-10-7-8-11-24(23)36-4/h7-8,10-11,13-14,16,18-19H,6,9,12,15,17H2,1-5H3,(H,29,33). The van der Waals surface area contributed by atoms with Crippen molar-refractivity contribution in [3.05, 3.63) is 58.1 Å². The SMILES string of the molecule is CCC(C)NC(=O)C(C)N(Cc1ccc(Cl)cc1Cl)C(=O)CCCN(c1ccccc1OC)S(C)(=O)=O. The van der Waals surface area contributed by atoms with Crippen LogP contribution in [0.2, 0.25) is 10.0 Å². The zero-order valence-corrected chi connectivity index (χ0v) is 24.2. The fraction of sp³-hybridized carbons (Fsp3) is 0.462. The summed E-state index contributed by atoms with van der Waals surface area (Å²) in [6, 6.07) is 11.0. The third kappa shape index (κ3) is 8.79. The molecule has 2 unspecified atom stereocenters. The van der Waals surface area contributed by atoms with E-state index in [1.165, 1.54) is 16.3 Å². The lowest BCUT2D eigenvalue weighted by Crippen LogP contribution is -2.49. The number of nitrogens with zero attached hydrogens (tertiary/aromatic N) is 2. The van der Waals surface area contributed by atoms with Crippen LogP contribution in [0.4, 0.5) is 5.69 Å².